The summed E-state index contributed by atoms with van der Waals surface area (Å²) >= 11 is 1.85. The van der Waals surface area contributed by atoms with Gasteiger partial charge in [-0.2, -0.15) is 0 Å². The number of aromatic nitrogens is 4. The Labute approximate surface area is 330 Å². The van der Waals surface area contributed by atoms with Crippen LogP contribution in [0.3, 0.4) is 0 Å². The van der Waals surface area contributed by atoms with Crippen LogP contribution in [0, 0.1) is 0 Å². The highest BCUT2D eigenvalue weighted by atomic mass is 32.1. The van der Waals surface area contributed by atoms with Gasteiger partial charge in [-0.15, -0.1) is 11.3 Å². The van der Waals surface area contributed by atoms with Gasteiger partial charge in [0, 0.05) is 64.1 Å². The first-order valence-electron chi connectivity index (χ1n) is 19.0. The molecular formula is C51H30N4OS. The number of furan rings is 1. The molecule has 0 bridgehead atoms. The molecule has 0 N–H and O–H groups in total. The Kier molecular flexibility index (Phi) is 7.03. The van der Waals surface area contributed by atoms with E-state index in [1.54, 1.807) is 0 Å². The highest BCUT2D eigenvalue weighted by Crippen LogP contribution is 2.42. The molecule has 57 heavy (non-hydrogen) atoms. The van der Waals surface area contributed by atoms with Crippen LogP contribution in [-0.2, 0) is 0 Å². The van der Waals surface area contributed by atoms with Gasteiger partial charge >= 0.3 is 0 Å². The third kappa shape index (κ3) is 5.12. The molecule has 4 aromatic heterocycles. The molecule has 4 heterocycles. The molecule has 0 unspecified atom stereocenters. The van der Waals surface area contributed by atoms with Gasteiger partial charge in [0.05, 0.1) is 11.0 Å². The smallest absolute Gasteiger partial charge is 0.164 e. The fourth-order valence-corrected chi connectivity index (χ4v) is 9.61. The van der Waals surface area contributed by atoms with Gasteiger partial charge in [0.1, 0.15) is 11.2 Å². The number of fused-ring (bicyclic) bond motifs is 9. The van der Waals surface area contributed by atoms with Crippen LogP contribution in [0.4, 0.5) is 0 Å². The van der Waals surface area contributed by atoms with Crippen molar-refractivity contribution < 1.29 is 4.42 Å². The van der Waals surface area contributed by atoms with E-state index in [2.05, 4.69) is 156 Å². The zero-order valence-corrected chi connectivity index (χ0v) is 31.2. The average Bonchev–Trinajstić information content (AvgIpc) is 3.95. The molecule has 0 radical (unpaired) electrons. The summed E-state index contributed by atoms with van der Waals surface area (Å²) in [4.78, 5) is 15.3. The number of rotatable bonds is 5. The number of benzene rings is 8. The maximum atomic E-state index is 6.53. The number of nitrogens with zero attached hydrogens (tertiary/aromatic N) is 4. The lowest BCUT2D eigenvalue weighted by molar-refractivity contribution is 0.669. The van der Waals surface area contributed by atoms with Crippen molar-refractivity contribution in [2.24, 2.45) is 0 Å². The van der Waals surface area contributed by atoms with Gasteiger partial charge in [0.15, 0.2) is 17.5 Å². The average molecular weight is 747 g/mol. The van der Waals surface area contributed by atoms with E-state index in [0.717, 1.165) is 60.7 Å². The molecular weight excluding hydrogens is 717 g/mol. The third-order valence-corrected chi connectivity index (χ3v) is 12.3. The molecule has 5 nitrogen and oxygen atoms in total. The third-order valence-electron chi connectivity index (χ3n) is 11.1. The van der Waals surface area contributed by atoms with Crippen molar-refractivity contribution in [3.63, 3.8) is 0 Å². The minimum Gasteiger partial charge on any atom is -0.456 e. The minimum absolute atomic E-state index is 0.588. The number of para-hydroxylation sites is 2. The number of thiophene rings is 1. The fraction of sp³-hybridized carbons (Fsp3) is 0. The van der Waals surface area contributed by atoms with Crippen LogP contribution in [0.25, 0.3) is 115 Å². The number of hydrogen-bond donors (Lipinski definition) is 0. The Morgan fingerprint density at radius 1 is 0.386 bits per heavy atom. The van der Waals surface area contributed by atoms with Crippen LogP contribution in [0.1, 0.15) is 0 Å². The van der Waals surface area contributed by atoms with Gasteiger partial charge in [-0.05, 0) is 77.9 Å². The molecule has 0 aliphatic rings. The molecule has 0 fully saturated rings. The van der Waals surface area contributed by atoms with Crippen molar-refractivity contribution in [1.82, 2.24) is 19.5 Å². The van der Waals surface area contributed by atoms with E-state index in [-0.39, 0.29) is 0 Å². The minimum atomic E-state index is 0.588. The van der Waals surface area contributed by atoms with Crippen molar-refractivity contribution in [2.45, 2.75) is 0 Å². The summed E-state index contributed by atoms with van der Waals surface area (Å²) < 4.78 is 11.4. The second kappa shape index (κ2) is 12.6. The molecule has 0 aliphatic heterocycles. The summed E-state index contributed by atoms with van der Waals surface area (Å²) in [7, 11) is 0. The number of hydrogen-bond acceptors (Lipinski definition) is 5. The van der Waals surface area contributed by atoms with Crippen molar-refractivity contribution >= 4 is 75.3 Å². The van der Waals surface area contributed by atoms with E-state index in [4.69, 9.17) is 19.4 Å². The summed E-state index contributed by atoms with van der Waals surface area (Å²) in [6.07, 6.45) is 0. The zero-order valence-electron chi connectivity index (χ0n) is 30.4. The molecule has 0 spiro atoms. The monoisotopic (exact) mass is 746 g/mol. The quantitative estimate of drug-likeness (QED) is 0.176. The van der Waals surface area contributed by atoms with E-state index in [1.165, 1.54) is 36.7 Å². The predicted octanol–water partition coefficient (Wildman–Crippen LogP) is 13.9. The Bertz CT molecular complexity index is 3530. The van der Waals surface area contributed by atoms with Gasteiger partial charge in [-0.25, -0.2) is 15.0 Å². The normalized spacial score (nSPS) is 11.9. The van der Waals surface area contributed by atoms with E-state index in [1.807, 2.05) is 41.7 Å². The largest absolute Gasteiger partial charge is 0.456 e. The van der Waals surface area contributed by atoms with Gasteiger partial charge in [-0.1, -0.05) is 115 Å². The zero-order chi connectivity index (χ0) is 37.5. The van der Waals surface area contributed by atoms with E-state index in [9.17, 15) is 0 Å². The fourth-order valence-electron chi connectivity index (χ4n) is 8.38. The Hall–Kier alpha value is -7.41. The Balaban J connectivity index is 0.993. The van der Waals surface area contributed by atoms with Crippen molar-refractivity contribution in [3.8, 4) is 51.0 Å². The molecule has 8 aromatic carbocycles. The highest BCUT2D eigenvalue weighted by Gasteiger charge is 2.18. The van der Waals surface area contributed by atoms with Crippen LogP contribution < -0.4 is 0 Å². The second-order valence-corrected chi connectivity index (χ2v) is 15.4. The Morgan fingerprint density at radius 3 is 1.86 bits per heavy atom. The molecule has 6 heteroatoms. The van der Waals surface area contributed by atoms with Crippen LogP contribution in [-0.4, -0.2) is 19.5 Å². The van der Waals surface area contributed by atoms with Gasteiger partial charge in [0.2, 0.25) is 0 Å². The van der Waals surface area contributed by atoms with E-state index >= 15 is 0 Å². The van der Waals surface area contributed by atoms with Gasteiger partial charge < -0.3 is 8.98 Å². The van der Waals surface area contributed by atoms with E-state index in [0.29, 0.717) is 17.5 Å². The molecule has 0 saturated heterocycles. The maximum Gasteiger partial charge on any atom is 0.164 e. The summed E-state index contributed by atoms with van der Waals surface area (Å²) in [5, 5.41) is 7.04. The highest BCUT2D eigenvalue weighted by molar-refractivity contribution is 7.26. The molecule has 0 amide bonds. The first-order chi connectivity index (χ1) is 28.2. The SMILES string of the molecule is c1ccc(-c2nc(-c3ccc4c(c3)oc3ccc(-c5cccc6c5sc5ccccc56)cc34)nc(-c3ccc4c(c3)c3ccccc3n4-c3ccccc3)n2)cc1. The summed E-state index contributed by atoms with van der Waals surface area (Å²) in [5.74, 6) is 1.82. The molecule has 266 valence electrons. The van der Waals surface area contributed by atoms with Crippen LogP contribution in [0.2, 0.25) is 0 Å². The summed E-state index contributed by atoms with van der Waals surface area (Å²) in [5.41, 5.74) is 10.1. The first kappa shape index (κ1) is 31.9. The second-order valence-electron chi connectivity index (χ2n) is 14.4. The van der Waals surface area contributed by atoms with Crippen LogP contribution in [0.15, 0.2) is 186 Å². The molecule has 12 rings (SSSR count). The topological polar surface area (TPSA) is 56.7 Å². The lowest BCUT2D eigenvalue weighted by Crippen LogP contribution is -2.00. The van der Waals surface area contributed by atoms with Crippen LogP contribution in [0.5, 0.6) is 0 Å². The lowest BCUT2D eigenvalue weighted by atomic mass is 10.0. The van der Waals surface area contributed by atoms with Gasteiger partial charge in [-0.3, -0.25) is 0 Å². The molecule has 0 atom stereocenters. The summed E-state index contributed by atoms with van der Waals surface area (Å²) in [6.45, 7) is 0. The van der Waals surface area contributed by atoms with E-state index < -0.39 is 0 Å². The van der Waals surface area contributed by atoms with Crippen LogP contribution >= 0.6 is 11.3 Å². The Morgan fingerprint density at radius 2 is 1.02 bits per heavy atom. The molecule has 12 aromatic rings. The lowest BCUT2D eigenvalue weighted by Gasteiger charge is -2.10. The molecule has 0 aliphatic carbocycles. The van der Waals surface area contributed by atoms with Crippen molar-refractivity contribution in [2.75, 3.05) is 0 Å². The standard InChI is InChI=1S/C51H30N4OS/c1-3-12-31(13-4-1)49-52-50(33-23-26-44-41(29-33)37-16-7-9-20-43(37)55(44)35-14-5-2-6-15-35)54-51(53-49)34-22-25-38-42-28-32(24-27-45(42)56-46(38)30-34)36-18-11-19-40-39-17-8-10-21-47(39)57-48(36)40/h1-30H. The predicted molar refractivity (Wildman–Crippen MR) is 236 cm³/mol. The van der Waals surface area contributed by atoms with Crippen molar-refractivity contribution in [3.05, 3.63) is 182 Å². The van der Waals surface area contributed by atoms with Gasteiger partial charge in [0.25, 0.3) is 0 Å². The van der Waals surface area contributed by atoms with Crippen molar-refractivity contribution in [1.29, 1.82) is 0 Å². The molecule has 0 saturated carbocycles. The first-order valence-corrected chi connectivity index (χ1v) is 19.8. The maximum absolute atomic E-state index is 6.53. The summed E-state index contributed by atoms with van der Waals surface area (Å²) in [6, 6.07) is 63.8.